The summed E-state index contributed by atoms with van der Waals surface area (Å²) in [7, 11) is 3.18. The lowest BCUT2D eigenvalue weighted by Gasteiger charge is -2.19. The van der Waals surface area contributed by atoms with Crippen molar-refractivity contribution >= 4 is 11.8 Å². The molecule has 0 spiro atoms. The van der Waals surface area contributed by atoms with Crippen LogP contribution in [-0.4, -0.2) is 26.0 Å². The number of ether oxygens (including phenoxy) is 2. The molecule has 1 unspecified atom stereocenters. The molecule has 0 saturated heterocycles. The molecule has 27 heavy (non-hydrogen) atoms. The van der Waals surface area contributed by atoms with E-state index in [1.807, 2.05) is 38.1 Å². The Morgan fingerprint density at radius 3 is 2.19 bits per heavy atom. The Balaban J connectivity index is 2.10. The Hall–Kier alpha value is -3.02. The number of hydrogen-bond acceptors (Lipinski definition) is 4. The predicted octanol–water partition coefficient (Wildman–Crippen LogP) is 3.14. The van der Waals surface area contributed by atoms with E-state index in [2.05, 4.69) is 10.6 Å². The number of benzene rings is 2. The Kier molecular flexibility index (Phi) is 6.82. The van der Waals surface area contributed by atoms with E-state index in [0.29, 0.717) is 23.6 Å². The zero-order valence-electron chi connectivity index (χ0n) is 16.4. The van der Waals surface area contributed by atoms with Gasteiger partial charge in [-0.3, -0.25) is 9.59 Å². The van der Waals surface area contributed by atoms with Crippen molar-refractivity contribution < 1.29 is 19.1 Å². The molecule has 2 amide bonds. The number of hydrogen-bond donors (Lipinski definition) is 2. The minimum Gasteiger partial charge on any atom is -0.493 e. The van der Waals surface area contributed by atoms with E-state index in [1.54, 1.807) is 26.4 Å². The number of methoxy groups -OCH3 is 2. The van der Waals surface area contributed by atoms with Gasteiger partial charge in [0.25, 0.3) is 5.91 Å². The molecule has 6 nitrogen and oxygen atoms in total. The van der Waals surface area contributed by atoms with E-state index >= 15 is 0 Å². The second kappa shape index (κ2) is 9.07. The van der Waals surface area contributed by atoms with Gasteiger partial charge in [0.15, 0.2) is 11.5 Å². The third-order valence-electron chi connectivity index (χ3n) is 4.34. The summed E-state index contributed by atoms with van der Waals surface area (Å²) in [6, 6.07) is 10.7. The molecule has 0 radical (unpaired) electrons. The molecule has 0 heterocycles. The molecule has 6 heteroatoms. The summed E-state index contributed by atoms with van der Waals surface area (Å²) in [5.74, 6) is 1.03. The van der Waals surface area contributed by atoms with Gasteiger partial charge in [0, 0.05) is 19.0 Å². The SMILES string of the molecule is COc1cc(C)c(C(C)NC(=O)c2ccc(CNC(C)=O)cc2)cc1OC. The third-order valence-corrected chi connectivity index (χ3v) is 4.34. The second-order valence-corrected chi connectivity index (χ2v) is 6.37. The number of aryl methyl sites for hydroxylation is 1. The zero-order valence-corrected chi connectivity index (χ0v) is 16.4. The number of carbonyl (C=O) groups is 2. The Morgan fingerprint density at radius 2 is 1.63 bits per heavy atom. The summed E-state index contributed by atoms with van der Waals surface area (Å²) in [6.45, 7) is 5.81. The van der Waals surface area contributed by atoms with Crippen molar-refractivity contribution in [2.45, 2.75) is 33.4 Å². The van der Waals surface area contributed by atoms with Crippen molar-refractivity contribution in [2.75, 3.05) is 14.2 Å². The molecule has 0 aromatic heterocycles. The molecule has 0 aliphatic heterocycles. The lowest BCUT2D eigenvalue weighted by Crippen LogP contribution is -2.27. The van der Waals surface area contributed by atoms with Gasteiger partial charge in [0.1, 0.15) is 0 Å². The first kappa shape index (κ1) is 20.3. The minimum atomic E-state index is -0.198. The van der Waals surface area contributed by atoms with Crippen LogP contribution in [0, 0.1) is 6.92 Å². The first-order valence-electron chi connectivity index (χ1n) is 8.72. The highest BCUT2D eigenvalue weighted by atomic mass is 16.5. The molecular formula is C21H26N2O4. The predicted molar refractivity (Wildman–Crippen MR) is 104 cm³/mol. The van der Waals surface area contributed by atoms with E-state index in [1.165, 1.54) is 6.92 Å². The maximum Gasteiger partial charge on any atom is 0.251 e. The lowest BCUT2D eigenvalue weighted by atomic mass is 10.0. The fourth-order valence-electron chi connectivity index (χ4n) is 2.82. The van der Waals surface area contributed by atoms with Gasteiger partial charge < -0.3 is 20.1 Å². The molecule has 2 rings (SSSR count). The van der Waals surface area contributed by atoms with Crippen LogP contribution in [0.5, 0.6) is 11.5 Å². The van der Waals surface area contributed by atoms with E-state index in [-0.39, 0.29) is 17.9 Å². The van der Waals surface area contributed by atoms with Crippen LogP contribution in [-0.2, 0) is 11.3 Å². The molecule has 144 valence electrons. The number of carbonyl (C=O) groups excluding carboxylic acids is 2. The van der Waals surface area contributed by atoms with Crippen molar-refractivity contribution in [1.29, 1.82) is 0 Å². The molecule has 0 aliphatic carbocycles. The monoisotopic (exact) mass is 370 g/mol. The molecule has 0 fully saturated rings. The second-order valence-electron chi connectivity index (χ2n) is 6.37. The number of nitrogens with one attached hydrogen (secondary N) is 2. The molecule has 2 N–H and O–H groups in total. The molecule has 0 aliphatic rings. The Morgan fingerprint density at radius 1 is 1.04 bits per heavy atom. The van der Waals surface area contributed by atoms with Gasteiger partial charge in [-0.2, -0.15) is 0 Å². The third kappa shape index (κ3) is 5.23. The van der Waals surface area contributed by atoms with Crippen molar-refractivity contribution in [3.05, 3.63) is 58.7 Å². The van der Waals surface area contributed by atoms with Crippen LogP contribution >= 0.6 is 0 Å². The molecule has 0 saturated carbocycles. The number of rotatable bonds is 7. The van der Waals surface area contributed by atoms with Crippen LogP contribution in [0.3, 0.4) is 0 Å². The normalized spacial score (nSPS) is 11.4. The molecule has 2 aromatic carbocycles. The van der Waals surface area contributed by atoms with Gasteiger partial charge in [-0.25, -0.2) is 0 Å². The molecule has 0 bridgehead atoms. The maximum atomic E-state index is 12.6. The van der Waals surface area contributed by atoms with Gasteiger partial charge >= 0.3 is 0 Å². The summed E-state index contributed by atoms with van der Waals surface area (Å²) < 4.78 is 10.7. The summed E-state index contributed by atoms with van der Waals surface area (Å²) in [4.78, 5) is 23.5. The van der Waals surface area contributed by atoms with E-state index in [0.717, 1.165) is 16.7 Å². The first-order chi connectivity index (χ1) is 12.8. The summed E-state index contributed by atoms with van der Waals surface area (Å²) in [6.07, 6.45) is 0. The smallest absolute Gasteiger partial charge is 0.251 e. The summed E-state index contributed by atoms with van der Waals surface area (Å²) in [5, 5.41) is 5.74. The summed E-state index contributed by atoms with van der Waals surface area (Å²) >= 11 is 0. The van der Waals surface area contributed by atoms with Crippen LogP contribution in [0.25, 0.3) is 0 Å². The van der Waals surface area contributed by atoms with E-state index in [4.69, 9.17) is 9.47 Å². The summed E-state index contributed by atoms with van der Waals surface area (Å²) in [5.41, 5.74) is 3.46. The van der Waals surface area contributed by atoms with Crippen LogP contribution in [0.15, 0.2) is 36.4 Å². The first-order valence-corrected chi connectivity index (χ1v) is 8.72. The molecule has 2 aromatic rings. The topological polar surface area (TPSA) is 76.7 Å². The van der Waals surface area contributed by atoms with Crippen LogP contribution in [0.2, 0.25) is 0 Å². The number of amides is 2. The van der Waals surface area contributed by atoms with Gasteiger partial charge in [0.05, 0.1) is 20.3 Å². The van der Waals surface area contributed by atoms with Gasteiger partial charge in [-0.1, -0.05) is 12.1 Å². The minimum absolute atomic E-state index is 0.0871. The van der Waals surface area contributed by atoms with Gasteiger partial charge in [-0.15, -0.1) is 0 Å². The average molecular weight is 370 g/mol. The van der Waals surface area contributed by atoms with Crippen molar-refractivity contribution in [1.82, 2.24) is 10.6 Å². The van der Waals surface area contributed by atoms with E-state index in [9.17, 15) is 9.59 Å². The van der Waals surface area contributed by atoms with Crippen molar-refractivity contribution in [3.8, 4) is 11.5 Å². The zero-order chi connectivity index (χ0) is 20.0. The largest absolute Gasteiger partial charge is 0.493 e. The van der Waals surface area contributed by atoms with Crippen LogP contribution in [0.4, 0.5) is 0 Å². The quantitative estimate of drug-likeness (QED) is 0.785. The maximum absolute atomic E-state index is 12.6. The van der Waals surface area contributed by atoms with Crippen molar-refractivity contribution in [2.24, 2.45) is 0 Å². The van der Waals surface area contributed by atoms with Gasteiger partial charge in [-0.05, 0) is 54.8 Å². The van der Waals surface area contributed by atoms with Crippen LogP contribution < -0.4 is 20.1 Å². The fraction of sp³-hybridized carbons (Fsp3) is 0.333. The van der Waals surface area contributed by atoms with Crippen molar-refractivity contribution in [3.63, 3.8) is 0 Å². The van der Waals surface area contributed by atoms with Gasteiger partial charge in [0.2, 0.25) is 5.91 Å². The lowest BCUT2D eigenvalue weighted by molar-refractivity contribution is -0.119. The fourth-order valence-corrected chi connectivity index (χ4v) is 2.82. The average Bonchev–Trinajstić information content (AvgIpc) is 2.66. The Bertz CT molecular complexity index is 816. The highest BCUT2D eigenvalue weighted by molar-refractivity contribution is 5.94. The standard InChI is InChI=1S/C21H26N2O4/c1-13-10-19(26-4)20(27-5)11-18(13)14(2)23-21(25)17-8-6-16(7-9-17)12-22-15(3)24/h6-11,14H,12H2,1-5H3,(H,22,24)(H,23,25). The highest BCUT2D eigenvalue weighted by Crippen LogP contribution is 2.32. The Labute approximate surface area is 159 Å². The van der Waals surface area contributed by atoms with E-state index < -0.39 is 0 Å². The molecular weight excluding hydrogens is 344 g/mol. The highest BCUT2D eigenvalue weighted by Gasteiger charge is 2.16. The molecule has 1 atom stereocenters. The van der Waals surface area contributed by atoms with Crippen LogP contribution in [0.1, 0.15) is 46.9 Å².